The maximum absolute atomic E-state index is 12.2. The molecule has 148 valence electrons. The first-order valence-electron chi connectivity index (χ1n) is 9.19. The average molecular weight is 382 g/mol. The lowest BCUT2D eigenvalue weighted by molar-refractivity contribution is -0.133. The number of aryl methyl sites for hydroxylation is 1. The Morgan fingerprint density at radius 2 is 1.64 bits per heavy atom. The van der Waals surface area contributed by atoms with Gasteiger partial charge in [-0.2, -0.15) is 0 Å². The molecule has 0 saturated heterocycles. The zero-order chi connectivity index (χ0) is 20.5. The van der Waals surface area contributed by atoms with Crippen LogP contribution in [0.4, 0.5) is 5.69 Å². The van der Waals surface area contributed by atoms with Crippen molar-refractivity contribution < 1.29 is 19.1 Å². The van der Waals surface area contributed by atoms with Crippen molar-refractivity contribution in [3.05, 3.63) is 59.7 Å². The summed E-state index contributed by atoms with van der Waals surface area (Å²) in [5.41, 5.74) is 2.45. The zero-order valence-corrected chi connectivity index (χ0v) is 16.5. The number of amides is 2. The number of carbonyl (C=O) groups excluding carboxylic acids is 3. The summed E-state index contributed by atoms with van der Waals surface area (Å²) in [4.78, 5) is 36.9. The van der Waals surface area contributed by atoms with Crippen LogP contribution < -0.4 is 10.1 Å². The molecule has 0 unspecified atom stereocenters. The lowest BCUT2D eigenvalue weighted by atomic mass is 10.1. The van der Waals surface area contributed by atoms with Crippen LogP contribution in [0.25, 0.3) is 0 Å². The fourth-order valence-electron chi connectivity index (χ4n) is 2.53. The number of likely N-dealkylation sites (N-methyl/N-ethyl adjacent to an activating group) is 1. The summed E-state index contributed by atoms with van der Waals surface area (Å²) in [6.07, 6.45) is 0.830. The highest BCUT2D eigenvalue weighted by molar-refractivity contribution is 5.94. The number of benzene rings is 2. The topological polar surface area (TPSA) is 75.7 Å². The Kier molecular flexibility index (Phi) is 7.75. The maximum Gasteiger partial charge on any atom is 0.243 e. The van der Waals surface area contributed by atoms with Gasteiger partial charge in [-0.25, -0.2) is 0 Å². The van der Waals surface area contributed by atoms with Crippen LogP contribution in [-0.4, -0.2) is 42.7 Å². The molecular formula is C22H26N2O4. The quantitative estimate of drug-likeness (QED) is 0.532. The Hall–Kier alpha value is -3.15. The number of hydrogen-bond donors (Lipinski definition) is 1. The number of Topliss-reactive ketones (excluding diaryl/α,β-unsaturated/α-hetero) is 1. The van der Waals surface area contributed by atoms with Crippen LogP contribution in [0.5, 0.6) is 5.75 Å². The first-order chi connectivity index (χ1) is 13.3. The molecule has 1 N–H and O–H groups in total. The highest BCUT2D eigenvalue weighted by atomic mass is 16.5. The van der Waals surface area contributed by atoms with Crippen LogP contribution in [0.2, 0.25) is 0 Å². The SMILES string of the molecule is CC(=O)c1ccc(OCCCC(=O)N(C)CC(=O)Nc2ccc(C)cc2)cc1. The molecule has 0 spiro atoms. The van der Waals surface area contributed by atoms with E-state index in [1.807, 2.05) is 31.2 Å². The third kappa shape index (κ3) is 6.87. The number of rotatable bonds is 9. The smallest absolute Gasteiger partial charge is 0.243 e. The van der Waals surface area contributed by atoms with E-state index < -0.39 is 0 Å². The fraction of sp³-hybridized carbons (Fsp3) is 0.318. The Balaban J connectivity index is 1.68. The summed E-state index contributed by atoms with van der Waals surface area (Å²) in [7, 11) is 1.61. The molecule has 0 heterocycles. The van der Waals surface area contributed by atoms with E-state index in [1.165, 1.54) is 11.8 Å². The molecule has 2 aromatic rings. The number of ether oxygens (including phenoxy) is 1. The summed E-state index contributed by atoms with van der Waals surface area (Å²) in [6, 6.07) is 14.4. The molecule has 0 aliphatic rings. The van der Waals surface area contributed by atoms with Gasteiger partial charge in [0.1, 0.15) is 5.75 Å². The molecule has 2 rings (SSSR count). The van der Waals surface area contributed by atoms with E-state index in [9.17, 15) is 14.4 Å². The van der Waals surface area contributed by atoms with Gasteiger partial charge in [-0.3, -0.25) is 14.4 Å². The van der Waals surface area contributed by atoms with Crippen molar-refractivity contribution in [2.24, 2.45) is 0 Å². The Labute approximate surface area is 165 Å². The standard InChI is InChI=1S/C22H26N2O4/c1-16-6-10-19(11-7-16)23-21(26)15-24(3)22(27)5-4-14-28-20-12-8-18(9-13-20)17(2)25/h6-13H,4-5,14-15H2,1-3H3,(H,23,26). The number of anilines is 1. The van der Waals surface area contributed by atoms with E-state index in [0.717, 1.165) is 5.56 Å². The molecule has 28 heavy (non-hydrogen) atoms. The van der Waals surface area contributed by atoms with Crippen molar-refractivity contribution in [3.63, 3.8) is 0 Å². The Bertz CT molecular complexity index is 813. The van der Waals surface area contributed by atoms with Gasteiger partial charge in [0, 0.05) is 24.7 Å². The average Bonchev–Trinajstić information content (AvgIpc) is 2.67. The third-order valence-corrected chi connectivity index (χ3v) is 4.21. The van der Waals surface area contributed by atoms with Gasteiger partial charge < -0.3 is 15.0 Å². The van der Waals surface area contributed by atoms with Crippen molar-refractivity contribution in [2.75, 3.05) is 25.5 Å². The van der Waals surface area contributed by atoms with Crippen LogP contribution in [-0.2, 0) is 9.59 Å². The van der Waals surface area contributed by atoms with Crippen molar-refractivity contribution in [3.8, 4) is 5.75 Å². The van der Waals surface area contributed by atoms with Crippen LogP contribution in [0, 0.1) is 6.92 Å². The predicted molar refractivity (Wildman–Crippen MR) is 109 cm³/mol. The molecule has 2 amide bonds. The second-order valence-corrected chi connectivity index (χ2v) is 6.70. The molecule has 0 atom stereocenters. The predicted octanol–water partition coefficient (Wildman–Crippen LogP) is 3.45. The molecule has 0 aliphatic heterocycles. The highest BCUT2D eigenvalue weighted by Gasteiger charge is 2.13. The van der Waals surface area contributed by atoms with Crippen molar-refractivity contribution in [1.29, 1.82) is 0 Å². The second kappa shape index (κ2) is 10.3. The monoisotopic (exact) mass is 382 g/mol. The summed E-state index contributed by atoms with van der Waals surface area (Å²) in [6.45, 7) is 3.87. The van der Waals surface area contributed by atoms with Gasteiger partial charge >= 0.3 is 0 Å². The third-order valence-electron chi connectivity index (χ3n) is 4.21. The molecular weight excluding hydrogens is 356 g/mol. The summed E-state index contributed by atoms with van der Waals surface area (Å²) in [5, 5.41) is 2.77. The maximum atomic E-state index is 12.2. The van der Waals surface area contributed by atoms with Crippen LogP contribution in [0.1, 0.15) is 35.7 Å². The van der Waals surface area contributed by atoms with E-state index in [1.54, 1.807) is 31.3 Å². The number of nitrogens with one attached hydrogen (secondary N) is 1. The van der Waals surface area contributed by atoms with Crippen LogP contribution >= 0.6 is 0 Å². The first kappa shape index (κ1) is 21.2. The van der Waals surface area contributed by atoms with Gasteiger partial charge in [-0.1, -0.05) is 17.7 Å². The lowest BCUT2D eigenvalue weighted by Crippen LogP contribution is -2.34. The minimum absolute atomic E-state index is 0.0000748. The van der Waals surface area contributed by atoms with Gasteiger partial charge in [-0.05, 0) is 56.7 Å². The highest BCUT2D eigenvalue weighted by Crippen LogP contribution is 2.13. The minimum atomic E-state index is -0.235. The molecule has 2 aromatic carbocycles. The summed E-state index contributed by atoms with van der Waals surface area (Å²) in [5.74, 6) is 0.311. The Morgan fingerprint density at radius 1 is 1.00 bits per heavy atom. The first-order valence-corrected chi connectivity index (χ1v) is 9.19. The van der Waals surface area contributed by atoms with E-state index in [2.05, 4.69) is 5.32 Å². The molecule has 6 heteroatoms. The van der Waals surface area contributed by atoms with Crippen molar-refractivity contribution >= 4 is 23.3 Å². The van der Waals surface area contributed by atoms with Crippen LogP contribution in [0.3, 0.4) is 0 Å². The van der Waals surface area contributed by atoms with Gasteiger partial charge in [0.2, 0.25) is 11.8 Å². The Morgan fingerprint density at radius 3 is 2.25 bits per heavy atom. The van der Waals surface area contributed by atoms with E-state index in [-0.39, 0.29) is 24.1 Å². The largest absolute Gasteiger partial charge is 0.494 e. The van der Waals surface area contributed by atoms with Gasteiger partial charge in [-0.15, -0.1) is 0 Å². The van der Waals surface area contributed by atoms with Gasteiger partial charge in [0.05, 0.1) is 13.2 Å². The lowest BCUT2D eigenvalue weighted by Gasteiger charge is -2.17. The van der Waals surface area contributed by atoms with Gasteiger partial charge in [0.15, 0.2) is 5.78 Å². The zero-order valence-electron chi connectivity index (χ0n) is 16.5. The molecule has 0 aliphatic carbocycles. The van der Waals surface area contributed by atoms with Crippen molar-refractivity contribution in [1.82, 2.24) is 4.90 Å². The molecule has 0 aromatic heterocycles. The number of hydrogen-bond acceptors (Lipinski definition) is 4. The molecule has 0 saturated carbocycles. The number of ketones is 1. The van der Waals surface area contributed by atoms with E-state index in [4.69, 9.17) is 4.74 Å². The number of carbonyl (C=O) groups is 3. The van der Waals surface area contributed by atoms with Crippen LogP contribution in [0.15, 0.2) is 48.5 Å². The molecule has 0 radical (unpaired) electrons. The fourth-order valence-corrected chi connectivity index (χ4v) is 2.53. The molecule has 0 bridgehead atoms. The second-order valence-electron chi connectivity index (χ2n) is 6.70. The van der Waals surface area contributed by atoms with E-state index in [0.29, 0.717) is 36.4 Å². The summed E-state index contributed by atoms with van der Waals surface area (Å²) >= 11 is 0. The summed E-state index contributed by atoms with van der Waals surface area (Å²) < 4.78 is 5.58. The van der Waals surface area contributed by atoms with Crippen molar-refractivity contribution in [2.45, 2.75) is 26.7 Å². The molecule has 0 fully saturated rings. The van der Waals surface area contributed by atoms with E-state index >= 15 is 0 Å². The number of nitrogens with zero attached hydrogens (tertiary/aromatic N) is 1. The van der Waals surface area contributed by atoms with Gasteiger partial charge in [0.25, 0.3) is 0 Å². The normalized spacial score (nSPS) is 10.2. The minimum Gasteiger partial charge on any atom is -0.494 e. The molecule has 6 nitrogen and oxygen atoms in total.